The Morgan fingerprint density at radius 2 is 2.00 bits per heavy atom. The van der Waals surface area contributed by atoms with Crippen LogP contribution >= 0.6 is 11.3 Å². The van der Waals surface area contributed by atoms with Crippen LogP contribution in [0.2, 0.25) is 0 Å². The minimum absolute atomic E-state index is 0.126. The number of nitrogens with two attached hydrogens (primary N) is 1. The van der Waals surface area contributed by atoms with E-state index in [9.17, 15) is 18.2 Å². The van der Waals surface area contributed by atoms with E-state index in [4.69, 9.17) is 10.2 Å². The van der Waals surface area contributed by atoms with Crippen molar-refractivity contribution >= 4 is 55.5 Å². The summed E-state index contributed by atoms with van der Waals surface area (Å²) in [6.45, 7) is 3.88. The molecule has 1 fully saturated rings. The number of fused-ring (bicyclic) bond motifs is 3. The lowest BCUT2D eigenvalue weighted by atomic mass is 10.1. The van der Waals surface area contributed by atoms with Crippen LogP contribution in [0.25, 0.3) is 27.3 Å². The number of amides is 1. The van der Waals surface area contributed by atoms with Crippen LogP contribution in [0.5, 0.6) is 0 Å². The second-order valence-electron chi connectivity index (χ2n) is 9.97. The predicted molar refractivity (Wildman–Crippen MR) is 161 cm³/mol. The zero-order valence-corrected chi connectivity index (χ0v) is 24.4. The molecular weight excluding hydrogens is 583 g/mol. The van der Waals surface area contributed by atoms with Crippen molar-refractivity contribution in [3.63, 3.8) is 0 Å². The number of furan rings is 1. The van der Waals surface area contributed by atoms with Gasteiger partial charge in [0.25, 0.3) is 5.91 Å². The summed E-state index contributed by atoms with van der Waals surface area (Å²) < 4.78 is 35.5. The third-order valence-corrected chi connectivity index (χ3v) is 9.03. The number of piperazine rings is 1. The molecule has 0 unspecified atom stereocenters. The maximum Gasteiger partial charge on any atom is 0.309 e. The highest BCUT2D eigenvalue weighted by molar-refractivity contribution is 7.84. The van der Waals surface area contributed by atoms with E-state index in [1.165, 1.54) is 10.6 Å². The second-order valence-corrected chi connectivity index (χ2v) is 12.5. The van der Waals surface area contributed by atoms with Crippen LogP contribution in [0.4, 0.5) is 16.0 Å². The van der Waals surface area contributed by atoms with Crippen LogP contribution in [0.15, 0.2) is 51.9 Å². The number of halogens is 1. The van der Waals surface area contributed by atoms with E-state index >= 15 is 0 Å². The molecule has 3 N–H and O–H groups in total. The highest BCUT2D eigenvalue weighted by atomic mass is 32.2. The van der Waals surface area contributed by atoms with E-state index in [-0.39, 0.29) is 22.9 Å². The second kappa shape index (κ2) is 11.7. The molecule has 1 atom stereocenters. The molecule has 0 bridgehead atoms. The van der Waals surface area contributed by atoms with Gasteiger partial charge in [-0.1, -0.05) is 11.3 Å². The zero-order chi connectivity index (χ0) is 29.4. The quantitative estimate of drug-likeness (QED) is 0.256. The number of thiazole rings is 1. The van der Waals surface area contributed by atoms with Gasteiger partial charge in [0.2, 0.25) is 5.95 Å². The molecule has 42 heavy (non-hydrogen) atoms. The van der Waals surface area contributed by atoms with E-state index in [2.05, 4.69) is 20.3 Å². The molecule has 5 aromatic rings. The van der Waals surface area contributed by atoms with E-state index < -0.39 is 22.5 Å². The molecule has 12 nitrogen and oxygen atoms in total. The van der Waals surface area contributed by atoms with E-state index in [1.54, 1.807) is 41.4 Å². The van der Waals surface area contributed by atoms with Gasteiger partial charge in [-0.15, -0.1) is 0 Å². The molecule has 4 aromatic heterocycles. The molecule has 0 radical (unpaired) electrons. The number of nitrogens with one attached hydrogen (secondary N) is 1. The van der Waals surface area contributed by atoms with Crippen molar-refractivity contribution in [2.75, 3.05) is 61.9 Å². The van der Waals surface area contributed by atoms with Crippen molar-refractivity contribution in [1.29, 1.82) is 0 Å². The van der Waals surface area contributed by atoms with Crippen LogP contribution in [-0.2, 0) is 17.3 Å². The van der Waals surface area contributed by atoms with Gasteiger partial charge in [-0.3, -0.25) is 23.3 Å². The van der Waals surface area contributed by atoms with Gasteiger partial charge in [0, 0.05) is 74.2 Å². The summed E-state index contributed by atoms with van der Waals surface area (Å²) in [5.41, 5.74) is 8.71. The molecule has 1 aliphatic rings. The van der Waals surface area contributed by atoms with Gasteiger partial charge in [-0.2, -0.15) is 14.6 Å². The number of benzene rings is 1. The van der Waals surface area contributed by atoms with Crippen molar-refractivity contribution in [1.82, 2.24) is 29.4 Å². The first kappa shape index (κ1) is 28.1. The number of rotatable bonds is 9. The smallest absolute Gasteiger partial charge is 0.309 e. The van der Waals surface area contributed by atoms with Crippen molar-refractivity contribution in [3.8, 4) is 11.5 Å². The average molecular weight is 613 g/mol. The molecule has 6 rings (SSSR count). The Bertz CT molecular complexity index is 1840. The lowest BCUT2D eigenvalue weighted by Gasteiger charge is -2.36. The van der Waals surface area contributed by atoms with Gasteiger partial charge in [-0.25, -0.2) is 4.39 Å². The normalized spacial score (nSPS) is 15.0. The number of aromatic nitrogens is 4. The van der Waals surface area contributed by atoms with Crippen LogP contribution in [0.3, 0.4) is 0 Å². The Morgan fingerprint density at radius 3 is 2.71 bits per heavy atom. The van der Waals surface area contributed by atoms with Crippen molar-refractivity contribution in [3.05, 3.63) is 63.7 Å². The summed E-state index contributed by atoms with van der Waals surface area (Å²) in [7, 11) is -1.01. The topological polar surface area (TPSA) is 144 Å². The first-order chi connectivity index (χ1) is 20.3. The van der Waals surface area contributed by atoms with Gasteiger partial charge in [0.05, 0.1) is 17.5 Å². The average Bonchev–Trinajstić information content (AvgIpc) is 3.71. The van der Waals surface area contributed by atoms with Crippen molar-refractivity contribution < 1.29 is 17.8 Å². The molecule has 5 heterocycles. The Balaban J connectivity index is 1.10. The molecule has 220 valence electrons. The van der Waals surface area contributed by atoms with Gasteiger partial charge in [0.1, 0.15) is 16.2 Å². The summed E-state index contributed by atoms with van der Waals surface area (Å²) in [5, 5.41) is 7.15. The minimum atomic E-state index is -1.01. The van der Waals surface area contributed by atoms with Crippen LogP contribution < -0.4 is 20.8 Å². The van der Waals surface area contributed by atoms with Gasteiger partial charge in [-0.05, 0) is 36.4 Å². The lowest BCUT2D eigenvalue weighted by Crippen LogP contribution is -2.47. The number of hydrogen-bond donors (Lipinski definition) is 2. The molecule has 0 spiro atoms. The maximum absolute atomic E-state index is 14.9. The molecule has 1 aromatic carbocycles. The third-order valence-electron chi connectivity index (χ3n) is 7.26. The zero-order valence-electron chi connectivity index (χ0n) is 22.8. The molecule has 1 aliphatic heterocycles. The highest BCUT2D eigenvalue weighted by Crippen LogP contribution is 2.28. The Labute approximate surface area is 246 Å². The summed E-state index contributed by atoms with van der Waals surface area (Å²) in [5.74, 6) is 0.269. The molecule has 1 saturated heterocycles. The Hall–Kier alpha value is -4.08. The minimum Gasteiger partial charge on any atom is -0.463 e. The largest absolute Gasteiger partial charge is 0.463 e. The fourth-order valence-electron chi connectivity index (χ4n) is 5.06. The Kier molecular flexibility index (Phi) is 7.79. The molecule has 0 saturated carbocycles. The summed E-state index contributed by atoms with van der Waals surface area (Å²) in [6, 6.07) is 9.89. The van der Waals surface area contributed by atoms with Crippen molar-refractivity contribution in [2.45, 2.75) is 6.54 Å². The Morgan fingerprint density at radius 1 is 1.19 bits per heavy atom. The highest BCUT2D eigenvalue weighted by Gasteiger charge is 2.22. The molecule has 0 aliphatic carbocycles. The fraction of sp³-hybridized carbons (Fsp3) is 0.333. The SMILES string of the molecule is C[S@@](=O)CCNC(=O)c1ccc(N2CCN(CCn3c(=O)sc4c3nc(N)n3nc(-c5ccco5)cc43)CC2)c(F)c1. The number of nitrogens with zero attached hydrogens (tertiary/aromatic N) is 6. The molecule has 15 heteroatoms. The molecule has 1 amide bonds. The maximum atomic E-state index is 14.9. The molecular formula is C27H29FN8O4S2. The number of hydrogen-bond acceptors (Lipinski definition) is 10. The summed E-state index contributed by atoms with van der Waals surface area (Å²) in [6.07, 6.45) is 3.13. The van der Waals surface area contributed by atoms with E-state index in [0.717, 1.165) is 11.3 Å². The number of nitrogen functional groups attached to an aromatic ring is 1. The van der Waals surface area contributed by atoms with Crippen LogP contribution in [0, 0.1) is 5.82 Å². The number of carbonyl (C=O) groups excluding carboxylic acids is 1. The third kappa shape index (κ3) is 5.54. The standard InChI is InChI=1S/C27H29FN8O4S2/c1-42(39)14-6-30-25(37)17-4-5-20(18(28)15-17)34-10-7-33(8-11-34)9-12-35-24-23(41-27(35)38)21-16-19(22-3-2-13-40-22)32-36(21)26(29)31-24/h2-5,13,15-16H,6-12,14H2,1H3,(H2,29,31)(H,30,37)/t42-/m1/s1. The van der Waals surface area contributed by atoms with E-state index in [0.29, 0.717) is 78.0 Å². The van der Waals surface area contributed by atoms with Crippen molar-refractivity contribution in [2.24, 2.45) is 0 Å². The van der Waals surface area contributed by atoms with Gasteiger partial charge in [0.15, 0.2) is 11.4 Å². The van der Waals surface area contributed by atoms with E-state index in [1.807, 2.05) is 11.0 Å². The number of anilines is 2. The van der Waals surface area contributed by atoms with Crippen LogP contribution in [-0.4, -0.2) is 85.5 Å². The van der Waals surface area contributed by atoms with Gasteiger partial charge >= 0.3 is 4.87 Å². The number of carbonyl (C=O) groups is 1. The first-order valence-corrected chi connectivity index (χ1v) is 15.9. The monoisotopic (exact) mass is 612 g/mol. The van der Waals surface area contributed by atoms with Crippen LogP contribution in [0.1, 0.15) is 10.4 Å². The first-order valence-electron chi connectivity index (χ1n) is 13.4. The lowest BCUT2D eigenvalue weighted by molar-refractivity contribution is 0.0955. The van der Waals surface area contributed by atoms with Gasteiger partial charge < -0.3 is 20.4 Å². The fourth-order valence-corrected chi connectivity index (χ4v) is 6.41. The summed E-state index contributed by atoms with van der Waals surface area (Å²) in [4.78, 5) is 33.8. The predicted octanol–water partition coefficient (Wildman–Crippen LogP) is 2.02. The summed E-state index contributed by atoms with van der Waals surface area (Å²) >= 11 is 1.11.